The van der Waals surface area contributed by atoms with E-state index in [1.807, 2.05) is 33.8 Å². The molecular formula is C12H24O2Si. The van der Waals surface area contributed by atoms with Crippen molar-refractivity contribution in [1.82, 2.24) is 0 Å². The number of rotatable bonds is 4. The predicted molar refractivity (Wildman–Crippen MR) is 68.2 cm³/mol. The number of hydrogen-bond acceptors (Lipinski definition) is 2. The Balaban J connectivity index is 4.69. The molecule has 0 aliphatic rings. The van der Waals surface area contributed by atoms with Gasteiger partial charge >= 0.3 is 0 Å². The zero-order chi connectivity index (χ0) is 12.3. The van der Waals surface area contributed by atoms with Crippen molar-refractivity contribution in [3.05, 3.63) is 24.2 Å². The van der Waals surface area contributed by atoms with Crippen LogP contribution in [0.1, 0.15) is 27.7 Å². The molecule has 0 aromatic heterocycles. The Morgan fingerprint density at radius 1 is 1.20 bits per heavy atom. The van der Waals surface area contributed by atoms with Crippen LogP contribution in [0.2, 0.25) is 19.6 Å². The minimum Gasteiger partial charge on any atom is -0.520 e. The van der Waals surface area contributed by atoms with E-state index in [-0.39, 0.29) is 5.60 Å². The summed E-state index contributed by atoms with van der Waals surface area (Å²) in [4.78, 5) is 0. The van der Waals surface area contributed by atoms with Crippen LogP contribution in [0.5, 0.6) is 0 Å². The second-order valence-electron chi connectivity index (χ2n) is 5.74. The molecule has 0 N–H and O–H groups in total. The van der Waals surface area contributed by atoms with Crippen LogP contribution < -0.4 is 0 Å². The van der Waals surface area contributed by atoms with Gasteiger partial charge in [-0.05, 0) is 47.3 Å². The van der Waals surface area contributed by atoms with E-state index in [4.69, 9.17) is 9.16 Å². The van der Waals surface area contributed by atoms with E-state index in [1.165, 1.54) is 0 Å². The molecule has 0 aliphatic carbocycles. The molecule has 0 radical (unpaired) electrons. The van der Waals surface area contributed by atoms with Gasteiger partial charge in [0.05, 0.1) is 0 Å². The van der Waals surface area contributed by atoms with Gasteiger partial charge in [-0.3, -0.25) is 0 Å². The van der Waals surface area contributed by atoms with E-state index in [2.05, 4.69) is 26.2 Å². The molecule has 0 fully saturated rings. The monoisotopic (exact) mass is 228 g/mol. The average molecular weight is 228 g/mol. The summed E-state index contributed by atoms with van der Waals surface area (Å²) in [5.74, 6) is 0.592. The van der Waals surface area contributed by atoms with Crippen LogP contribution in [0.3, 0.4) is 0 Å². The molecule has 0 bridgehead atoms. The highest BCUT2D eigenvalue weighted by Crippen LogP contribution is 2.19. The fourth-order valence-electron chi connectivity index (χ4n) is 0.884. The van der Waals surface area contributed by atoms with Crippen molar-refractivity contribution in [1.29, 1.82) is 0 Å². The summed E-state index contributed by atoms with van der Waals surface area (Å²) in [7, 11) is -1.62. The molecule has 0 saturated carbocycles. The maximum atomic E-state index is 5.84. The average Bonchev–Trinajstić information content (AvgIpc) is 1.73. The third-order valence-corrected chi connectivity index (χ3v) is 1.99. The molecule has 15 heavy (non-hydrogen) atoms. The van der Waals surface area contributed by atoms with Gasteiger partial charge in [0.15, 0.2) is 0 Å². The molecule has 0 atom stereocenters. The third kappa shape index (κ3) is 9.60. The van der Waals surface area contributed by atoms with Gasteiger partial charge in [0, 0.05) is 6.08 Å². The second-order valence-corrected chi connectivity index (χ2v) is 10.2. The van der Waals surface area contributed by atoms with Crippen molar-refractivity contribution in [2.75, 3.05) is 0 Å². The Morgan fingerprint density at radius 3 is 1.93 bits per heavy atom. The van der Waals surface area contributed by atoms with Crippen LogP contribution >= 0.6 is 0 Å². The van der Waals surface area contributed by atoms with Crippen LogP contribution in [-0.2, 0) is 9.16 Å². The molecule has 0 spiro atoms. The number of ether oxygens (including phenoxy) is 1. The summed E-state index contributed by atoms with van der Waals surface area (Å²) in [5, 5.41) is 0. The smallest absolute Gasteiger partial charge is 0.266 e. The first-order valence-corrected chi connectivity index (χ1v) is 8.66. The van der Waals surface area contributed by atoms with Gasteiger partial charge in [0.1, 0.15) is 5.60 Å². The molecule has 88 valence electrons. The lowest BCUT2D eigenvalue weighted by Gasteiger charge is -2.28. The van der Waals surface area contributed by atoms with Crippen LogP contribution in [0.4, 0.5) is 0 Å². The summed E-state index contributed by atoms with van der Waals surface area (Å²) in [6, 6.07) is 0. The minimum atomic E-state index is -1.62. The molecule has 3 heteroatoms. The standard InChI is InChI=1S/C12H24O2Si/c1-10(2)9-11(13-12(3,4)5)14-15(6,7)8/h9H,1H2,2-8H3/b11-9+. The highest BCUT2D eigenvalue weighted by Gasteiger charge is 2.22. The van der Waals surface area contributed by atoms with Gasteiger partial charge in [-0.15, -0.1) is 0 Å². The first-order chi connectivity index (χ1) is 6.49. The number of allylic oxidation sites excluding steroid dienone is 2. The van der Waals surface area contributed by atoms with Crippen molar-refractivity contribution in [2.24, 2.45) is 0 Å². The predicted octanol–water partition coefficient (Wildman–Crippen LogP) is 4.07. The van der Waals surface area contributed by atoms with Crippen molar-refractivity contribution >= 4 is 8.32 Å². The topological polar surface area (TPSA) is 18.5 Å². The summed E-state index contributed by atoms with van der Waals surface area (Å²) >= 11 is 0. The minimum absolute atomic E-state index is 0.235. The molecular weight excluding hydrogens is 204 g/mol. The molecule has 0 aromatic carbocycles. The van der Waals surface area contributed by atoms with Gasteiger partial charge in [0.25, 0.3) is 5.95 Å². The van der Waals surface area contributed by atoms with E-state index >= 15 is 0 Å². The molecule has 0 rings (SSSR count). The SMILES string of the molecule is C=C(C)/C=C(\OC(C)(C)C)O[Si](C)(C)C. The molecule has 2 nitrogen and oxygen atoms in total. The van der Waals surface area contributed by atoms with Crippen LogP contribution in [-0.4, -0.2) is 13.9 Å². The lowest BCUT2D eigenvalue weighted by Crippen LogP contribution is -2.29. The van der Waals surface area contributed by atoms with Crippen LogP contribution in [0.15, 0.2) is 24.2 Å². The Morgan fingerprint density at radius 2 is 1.67 bits per heavy atom. The first kappa shape index (κ1) is 14.3. The molecule has 0 amide bonds. The van der Waals surface area contributed by atoms with E-state index < -0.39 is 8.32 Å². The van der Waals surface area contributed by atoms with Crippen molar-refractivity contribution in [3.8, 4) is 0 Å². The zero-order valence-electron chi connectivity index (χ0n) is 11.1. The fraction of sp³-hybridized carbons (Fsp3) is 0.667. The van der Waals surface area contributed by atoms with E-state index in [9.17, 15) is 0 Å². The number of hydrogen-bond donors (Lipinski definition) is 0. The van der Waals surface area contributed by atoms with Gasteiger partial charge in [0.2, 0.25) is 8.32 Å². The van der Waals surface area contributed by atoms with Crippen molar-refractivity contribution in [2.45, 2.75) is 52.9 Å². The third-order valence-electron chi connectivity index (χ3n) is 1.18. The van der Waals surface area contributed by atoms with Gasteiger partial charge in [-0.1, -0.05) is 12.2 Å². The molecule has 0 saturated heterocycles. The summed E-state index contributed by atoms with van der Waals surface area (Å²) in [6.45, 7) is 18.2. The molecule has 0 aliphatic heterocycles. The first-order valence-electron chi connectivity index (χ1n) is 5.25. The van der Waals surface area contributed by atoms with E-state index in [0.29, 0.717) is 5.95 Å². The zero-order valence-corrected chi connectivity index (χ0v) is 12.1. The van der Waals surface area contributed by atoms with Crippen LogP contribution in [0.25, 0.3) is 0 Å². The molecule has 0 aromatic rings. The Hall–Kier alpha value is -0.703. The summed E-state index contributed by atoms with van der Waals surface area (Å²) < 4.78 is 11.6. The van der Waals surface area contributed by atoms with Gasteiger partial charge in [-0.2, -0.15) is 0 Å². The van der Waals surface area contributed by atoms with E-state index in [0.717, 1.165) is 5.57 Å². The van der Waals surface area contributed by atoms with E-state index in [1.54, 1.807) is 0 Å². The molecule has 0 heterocycles. The highest BCUT2D eigenvalue weighted by molar-refractivity contribution is 6.70. The van der Waals surface area contributed by atoms with Gasteiger partial charge < -0.3 is 9.16 Å². The summed E-state index contributed by atoms with van der Waals surface area (Å²) in [5.41, 5.74) is 0.702. The van der Waals surface area contributed by atoms with Crippen molar-refractivity contribution in [3.63, 3.8) is 0 Å². The Labute approximate surface area is 95.1 Å². The molecule has 0 unspecified atom stereocenters. The van der Waals surface area contributed by atoms with Crippen molar-refractivity contribution < 1.29 is 9.16 Å². The Bertz CT molecular complexity index is 236. The maximum absolute atomic E-state index is 5.84. The quantitative estimate of drug-likeness (QED) is 0.410. The van der Waals surface area contributed by atoms with Gasteiger partial charge in [-0.25, -0.2) is 0 Å². The maximum Gasteiger partial charge on any atom is 0.266 e. The fourth-order valence-corrected chi connectivity index (χ4v) is 1.59. The largest absolute Gasteiger partial charge is 0.520 e. The van der Waals surface area contributed by atoms with Crippen LogP contribution in [0, 0.1) is 0 Å². The normalized spacial score (nSPS) is 13.7. The summed E-state index contributed by atoms with van der Waals surface area (Å²) in [6.07, 6.45) is 1.85. The Kier molecular flexibility index (Phi) is 4.65. The highest BCUT2D eigenvalue weighted by atomic mass is 28.4. The second kappa shape index (κ2) is 4.88. The lowest BCUT2D eigenvalue weighted by molar-refractivity contribution is -0.00826. The lowest BCUT2D eigenvalue weighted by atomic mass is 10.2.